The van der Waals surface area contributed by atoms with Crippen LogP contribution >= 0.6 is 0 Å². The predicted octanol–water partition coefficient (Wildman–Crippen LogP) is -1.12. The summed E-state index contributed by atoms with van der Waals surface area (Å²) in [5, 5.41) is 5.25. The molecule has 0 aliphatic carbocycles. The van der Waals surface area contributed by atoms with Crippen molar-refractivity contribution < 1.29 is 18.0 Å². The molecule has 0 aromatic heterocycles. The predicted molar refractivity (Wildman–Crippen MR) is 84.2 cm³/mol. The van der Waals surface area contributed by atoms with Crippen LogP contribution in [0.25, 0.3) is 0 Å². The maximum absolute atomic E-state index is 12.6. The van der Waals surface area contributed by atoms with E-state index >= 15 is 0 Å². The third kappa shape index (κ3) is 4.06. The Bertz CT molecular complexity index is 704. The van der Waals surface area contributed by atoms with E-state index in [0.717, 1.165) is 4.31 Å². The number of carbonyl (C=O) groups is 2. The summed E-state index contributed by atoms with van der Waals surface area (Å²) in [6.45, 7) is 2.29. The van der Waals surface area contributed by atoms with Gasteiger partial charge in [0.05, 0.1) is 11.4 Å². The van der Waals surface area contributed by atoms with Gasteiger partial charge in [-0.2, -0.15) is 4.31 Å². The van der Waals surface area contributed by atoms with E-state index in [1.165, 1.54) is 24.3 Å². The van der Waals surface area contributed by atoms with Crippen molar-refractivity contribution in [1.29, 1.82) is 0 Å². The van der Waals surface area contributed by atoms with E-state index in [-0.39, 0.29) is 48.6 Å². The van der Waals surface area contributed by atoms with Crippen LogP contribution in [0.15, 0.2) is 29.2 Å². The fourth-order valence-corrected chi connectivity index (χ4v) is 3.58. The topological polar surface area (TPSA) is 122 Å². The summed E-state index contributed by atoms with van der Waals surface area (Å²) in [4.78, 5) is 23.5. The highest BCUT2D eigenvalue weighted by atomic mass is 32.2. The minimum Gasteiger partial charge on any atom is -0.354 e. The summed E-state index contributed by atoms with van der Waals surface area (Å²) >= 11 is 0. The summed E-state index contributed by atoms with van der Waals surface area (Å²) < 4.78 is 26.3. The average molecular weight is 340 g/mol. The lowest BCUT2D eigenvalue weighted by atomic mass is 10.2. The Morgan fingerprint density at radius 3 is 2.87 bits per heavy atom. The number of piperazine rings is 1. The van der Waals surface area contributed by atoms with Crippen molar-refractivity contribution in [1.82, 2.24) is 14.9 Å². The van der Waals surface area contributed by atoms with E-state index in [9.17, 15) is 18.0 Å². The lowest BCUT2D eigenvalue weighted by molar-refractivity contribution is -0.122. The molecule has 8 nitrogen and oxygen atoms in total. The molecule has 0 radical (unpaired) electrons. The van der Waals surface area contributed by atoms with Crippen LogP contribution in [-0.4, -0.2) is 56.8 Å². The Morgan fingerprint density at radius 1 is 1.48 bits per heavy atom. The van der Waals surface area contributed by atoms with E-state index in [1.807, 2.05) is 0 Å². The second-order valence-corrected chi connectivity index (χ2v) is 7.26. The van der Waals surface area contributed by atoms with Crippen molar-refractivity contribution in [3.8, 4) is 0 Å². The molecule has 9 heteroatoms. The first kappa shape index (κ1) is 17.4. The van der Waals surface area contributed by atoms with Crippen molar-refractivity contribution in [2.24, 2.45) is 5.73 Å². The number of nitrogens with one attached hydrogen (secondary N) is 2. The van der Waals surface area contributed by atoms with Gasteiger partial charge >= 0.3 is 0 Å². The van der Waals surface area contributed by atoms with Crippen LogP contribution < -0.4 is 16.4 Å². The molecule has 1 atom stereocenters. The Labute approximate surface area is 135 Å². The van der Waals surface area contributed by atoms with Crippen LogP contribution in [-0.2, 0) is 14.8 Å². The molecule has 1 heterocycles. The molecule has 0 spiro atoms. The van der Waals surface area contributed by atoms with E-state index in [4.69, 9.17) is 5.73 Å². The molecule has 1 saturated heterocycles. The molecule has 23 heavy (non-hydrogen) atoms. The normalized spacial score (nSPS) is 17.4. The van der Waals surface area contributed by atoms with Crippen molar-refractivity contribution in [3.05, 3.63) is 29.8 Å². The van der Waals surface area contributed by atoms with Crippen molar-refractivity contribution in [2.75, 3.05) is 26.2 Å². The summed E-state index contributed by atoms with van der Waals surface area (Å²) in [7, 11) is -3.82. The molecule has 2 rings (SSSR count). The van der Waals surface area contributed by atoms with Gasteiger partial charge in [-0.1, -0.05) is 6.07 Å². The molecule has 2 amide bonds. The van der Waals surface area contributed by atoms with Crippen molar-refractivity contribution >= 4 is 21.8 Å². The Kier molecular flexibility index (Phi) is 5.34. The number of amides is 2. The molecule has 0 bridgehead atoms. The molecule has 1 aromatic rings. The van der Waals surface area contributed by atoms with Gasteiger partial charge < -0.3 is 16.4 Å². The zero-order chi connectivity index (χ0) is 17.0. The Hall–Kier alpha value is -1.97. The summed E-state index contributed by atoms with van der Waals surface area (Å²) in [6.07, 6.45) is 0. The highest BCUT2D eigenvalue weighted by Gasteiger charge is 2.29. The fourth-order valence-electron chi connectivity index (χ4n) is 2.13. The highest BCUT2D eigenvalue weighted by Crippen LogP contribution is 2.18. The zero-order valence-electron chi connectivity index (χ0n) is 12.8. The largest absolute Gasteiger partial charge is 0.354 e. The summed E-state index contributed by atoms with van der Waals surface area (Å²) in [5.74, 6) is -0.734. The third-order valence-electron chi connectivity index (χ3n) is 3.47. The van der Waals surface area contributed by atoms with Gasteiger partial charge in [-0.3, -0.25) is 9.59 Å². The van der Waals surface area contributed by atoms with Gasteiger partial charge in [-0.05, 0) is 25.1 Å². The van der Waals surface area contributed by atoms with E-state index in [1.54, 1.807) is 6.92 Å². The third-order valence-corrected chi connectivity index (χ3v) is 5.31. The maximum atomic E-state index is 12.6. The average Bonchev–Trinajstić information content (AvgIpc) is 2.54. The van der Waals surface area contributed by atoms with Crippen LogP contribution in [0, 0.1) is 0 Å². The number of nitrogens with two attached hydrogens (primary N) is 1. The monoisotopic (exact) mass is 340 g/mol. The first-order valence-corrected chi connectivity index (χ1v) is 8.66. The van der Waals surface area contributed by atoms with Gasteiger partial charge in [-0.25, -0.2) is 8.42 Å². The maximum Gasteiger partial charge on any atom is 0.251 e. The van der Waals surface area contributed by atoms with Crippen molar-refractivity contribution in [2.45, 2.75) is 17.9 Å². The Morgan fingerprint density at radius 2 is 2.22 bits per heavy atom. The van der Waals surface area contributed by atoms with E-state index < -0.39 is 15.9 Å². The molecule has 0 saturated carbocycles. The smallest absolute Gasteiger partial charge is 0.251 e. The van der Waals surface area contributed by atoms with E-state index in [2.05, 4.69) is 10.6 Å². The molecular formula is C14H20N4O4S. The molecule has 1 aromatic carbocycles. The Balaban J connectivity index is 2.24. The lowest BCUT2D eigenvalue weighted by Gasteiger charge is -2.26. The second kappa shape index (κ2) is 7.07. The molecule has 1 aliphatic rings. The second-order valence-electron chi connectivity index (χ2n) is 5.33. The molecule has 0 unspecified atom stereocenters. The van der Waals surface area contributed by atoms with Crippen LogP contribution in [0.4, 0.5) is 0 Å². The van der Waals surface area contributed by atoms with E-state index in [0.29, 0.717) is 0 Å². The van der Waals surface area contributed by atoms with Crippen LogP contribution in [0.3, 0.4) is 0 Å². The first-order chi connectivity index (χ1) is 10.8. The number of rotatable bonds is 5. The van der Waals surface area contributed by atoms with Gasteiger partial charge in [0, 0.05) is 31.2 Å². The number of sulfonamides is 1. The molecular weight excluding hydrogens is 320 g/mol. The number of nitrogens with zero attached hydrogens (tertiary/aromatic N) is 1. The number of carbonyl (C=O) groups excluding carboxylic acids is 2. The van der Waals surface area contributed by atoms with Gasteiger partial charge in [0.2, 0.25) is 15.9 Å². The highest BCUT2D eigenvalue weighted by molar-refractivity contribution is 7.89. The lowest BCUT2D eigenvalue weighted by Crippen LogP contribution is -2.49. The summed E-state index contributed by atoms with van der Waals surface area (Å²) in [6, 6.07) is 5.53. The number of hydrogen-bond acceptors (Lipinski definition) is 5. The molecule has 126 valence electrons. The number of hydrogen-bond donors (Lipinski definition) is 3. The van der Waals surface area contributed by atoms with Crippen LogP contribution in [0.1, 0.15) is 17.3 Å². The van der Waals surface area contributed by atoms with Gasteiger partial charge in [0.1, 0.15) is 0 Å². The van der Waals surface area contributed by atoms with Crippen LogP contribution in [0.5, 0.6) is 0 Å². The molecule has 1 aliphatic heterocycles. The van der Waals surface area contributed by atoms with Gasteiger partial charge in [-0.15, -0.1) is 0 Å². The minimum absolute atomic E-state index is 0.0137. The number of benzene rings is 1. The standard InChI is InChI=1S/C14H20N4O4S/c1-10(8-15)17-14(20)11-3-2-4-12(7-11)23(21,22)18-6-5-16-13(19)9-18/h2-4,7,10H,5-6,8-9,15H2,1H3,(H,16,19)(H,17,20)/t10-/m0/s1. The minimum atomic E-state index is -3.82. The molecule has 4 N–H and O–H groups in total. The quantitative estimate of drug-likeness (QED) is 0.627. The first-order valence-electron chi connectivity index (χ1n) is 7.22. The molecule has 1 fully saturated rings. The summed E-state index contributed by atoms with van der Waals surface area (Å²) in [5.41, 5.74) is 5.68. The SMILES string of the molecule is C[C@@H](CN)NC(=O)c1cccc(S(=O)(=O)N2CCNC(=O)C2)c1. The van der Waals surface area contributed by atoms with Crippen LogP contribution in [0.2, 0.25) is 0 Å². The fraction of sp³-hybridized carbons (Fsp3) is 0.429. The van der Waals surface area contributed by atoms with Gasteiger partial charge in [0.25, 0.3) is 5.91 Å². The van der Waals surface area contributed by atoms with Gasteiger partial charge in [0.15, 0.2) is 0 Å². The zero-order valence-corrected chi connectivity index (χ0v) is 13.6. The van der Waals surface area contributed by atoms with Crippen molar-refractivity contribution in [3.63, 3.8) is 0 Å².